The Morgan fingerprint density at radius 3 is 2.60 bits per heavy atom. The summed E-state index contributed by atoms with van der Waals surface area (Å²) in [5.74, 6) is 1.29. The number of nitrogens with zero attached hydrogens (tertiary/aromatic N) is 2. The molecule has 3 rings (SSSR count). The third-order valence-electron chi connectivity index (χ3n) is 5.44. The summed E-state index contributed by atoms with van der Waals surface area (Å²) in [4.78, 5) is 16.9. The number of piperazine rings is 1. The Hall–Kier alpha value is -0.610. The molecule has 3 fully saturated rings. The molecule has 20 heavy (non-hydrogen) atoms. The molecule has 1 aliphatic carbocycles. The van der Waals surface area contributed by atoms with Crippen molar-refractivity contribution in [2.45, 2.75) is 51.0 Å². The van der Waals surface area contributed by atoms with Crippen molar-refractivity contribution in [1.29, 1.82) is 0 Å². The molecule has 4 nitrogen and oxygen atoms in total. The lowest BCUT2D eigenvalue weighted by atomic mass is 9.78. The molecule has 0 unspecified atom stereocenters. The third kappa shape index (κ3) is 3.34. The van der Waals surface area contributed by atoms with Crippen molar-refractivity contribution >= 4 is 5.91 Å². The van der Waals surface area contributed by atoms with Crippen LogP contribution in [0.2, 0.25) is 0 Å². The SMILES string of the molecule is O=C(CCN1CCC[C@H]2CCCC[C@H]21)N1CCNCC1. The van der Waals surface area contributed by atoms with Crippen LogP contribution < -0.4 is 5.32 Å². The Labute approximate surface area is 122 Å². The predicted molar refractivity (Wildman–Crippen MR) is 80.6 cm³/mol. The Bertz CT molecular complexity index is 326. The minimum absolute atomic E-state index is 0.365. The van der Waals surface area contributed by atoms with Crippen molar-refractivity contribution in [3.8, 4) is 0 Å². The molecule has 0 aromatic rings. The average Bonchev–Trinajstić information content (AvgIpc) is 2.53. The van der Waals surface area contributed by atoms with E-state index >= 15 is 0 Å². The maximum Gasteiger partial charge on any atom is 0.223 e. The van der Waals surface area contributed by atoms with E-state index in [-0.39, 0.29) is 0 Å². The number of hydrogen-bond donors (Lipinski definition) is 1. The van der Waals surface area contributed by atoms with E-state index in [1.54, 1.807) is 0 Å². The van der Waals surface area contributed by atoms with Gasteiger partial charge in [-0.3, -0.25) is 9.69 Å². The molecule has 0 radical (unpaired) electrons. The van der Waals surface area contributed by atoms with Crippen LogP contribution >= 0.6 is 0 Å². The minimum Gasteiger partial charge on any atom is -0.340 e. The summed E-state index contributed by atoms with van der Waals surface area (Å²) in [6.07, 6.45) is 9.09. The van der Waals surface area contributed by atoms with E-state index in [1.807, 2.05) is 4.90 Å². The molecule has 1 amide bonds. The van der Waals surface area contributed by atoms with Crippen molar-refractivity contribution in [3.63, 3.8) is 0 Å². The lowest BCUT2D eigenvalue weighted by molar-refractivity contribution is -0.132. The van der Waals surface area contributed by atoms with Crippen LogP contribution in [0.5, 0.6) is 0 Å². The molecule has 2 saturated heterocycles. The zero-order valence-corrected chi connectivity index (χ0v) is 12.6. The van der Waals surface area contributed by atoms with Crippen LogP contribution in [-0.2, 0) is 4.79 Å². The fourth-order valence-corrected chi connectivity index (χ4v) is 4.32. The van der Waals surface area contributed by atoms with Gasteiger partial charge in [-0.2, -0.15) is 0 Å². The van der Waals surface area contributed by atoms with Gasteiger partial charge in [-0.25, -0.2) is 0 Å². The van der Waals surface area contributed by atoms with Crippen LogP contribution in [0.25, 0.3) is 0 Å². The quantitative estimate of drug-likeness (QED) is 0.849. The number of carbonyl (C=O) groups is 1. The third-order valence-corrected chi connectivity index (χ3v) is 5.44. The number of fused-ring (bicyclic) bond motifs is 1. The molecule has 4 heteroatoms. The Balaban J connectivity index is 1.48. The molecule has 0 aromatic heterocycles. The maximum absolute atomic E-state index is 12.3. The van der Waals surface area contributed by atoms with Gasteiger partial charge in [0.2, 0.25) is 5.91 Å². The summed E-state index contributed by atoms with van der Waals surface area (Å²) in [7, 11) is 0. The monoisotopic (exact) mass is 279 g/mol. The van der Waals surface area contributed by atoms with Crippen molar-refractivity contribution in [2.24, 2.45) is 5.92 Å². The first kappa shape index (κ1) is 14.3. The number of likely N-dealkylation sites (tertiary alicyclic amines) is 1. The predicted octanol–water partition coefficient (Wildman–Crippen LogP) is 1.46. The number of rotatable bonds is 3. The van der Waals surface area contributed by atoms with Gasteiger partial charge in [-0.05, 0) is 38.1 Å². The molecule has 2 atom stereocenters. The van der Waals surface area contributed by atoms with Crippen LogP contribution in [-0.4, -0.2) is 61.0 Å². The van der Waals surface area contributed by atoms with E-state index in [0.29, 0.717) is 5.91 Å². The molecule has 3 aliphatic rings. The van der Waals surface area contributed by atoms with Crippen LogP contribution in [0.4, 0.5) is 0 Å². The zero-order chi connectivity index (χ0) is 13.8. The lowest BCUT2D eigenvalue weighted by Crippen LogP contribution is -2.49. The molecule has 1 saturated carbocycles. The smallest absolute Gasteiger partial charge is 0.223 e. The largest absolute Gasteiger partial charge is 0.340 e. The van der Waals surface area contributed by atoms with E-state index in [0.717, 1.165) is 51.1 Å². The summed E-state index contributed by atoms with van der Waals surface area (Å²) < 4.78 is 0. The fraction of sp³-hybridized carbons (Fsp3) is 0.938. The van der Waals surface area contributed by atoms with Gasteiger partial charge in [0.25, 0.3) is 0 Å². The van der Waals surface area contributed by atoms with E-state index in [2.05, 4.69) is 10.2 Å². The van der Waals surface area contributed by atoms with Crippen molar-refractivity contribution in [3.05, 3.63) is 0 Å². The zero-order valence-electron chi connectivity index (χ0n) is 12.6. The fourth-order valence-electron chi connectivity index (χ4n) is 4.32. The van der Waals surface area contributed by atoms with E-state index in [1.165, 1.54) is 45.1 Å². The summed E-state index contributed by atoms with van der Waals surface area (Å²) in [5, 5.41) is 3.31. The molecule has 0 spiro atoms. The van der Waals surface area contributed by atoms with Crippen LogP contribution in [0.1, 0.15) is 44.9 Å². The highest BCUT2D eigenvalue weighted by Gasteiger charge is 2.33. The summed E-state index contributed by atoms with van der Waals surface area (Å²) in [6, 6.07) is 0.785. The Kier molecular flexibility index (Phi) is 4.94. The second-order valence-corrected chi connectivity index (χ2v) is 6.67. The van der Waals surface area contributed by atoms with Gasteiger partial charge in [0.05, 0.1) is 0 Å². The van der Waals surface area contributed by atoms with Crippen molar-refractivity contribution in [2.75, 3.05) is 39.3 Å². The number of piperidine rings is 1. The summed E-state index contributed by atoms with van der Waals surface area (Å²) in [6.45, 7) is 5.91. The van der Waals surface area contributed by atoms with Gasteiger partial charge < -0.3 is 10.2 Å². The highest BCUT2D eigenvalue weighted by atomic mass is 16.2. The van der Waals surface area contributed by atoms with Crippen molar-refractivity contribution in [1.82, 2.24) is 15.1 Å². The van der Waals surface area contributed by atoms with Gasteiger partial charge in [0.1, 0.15) is 0 Å². The van der Waals surface area contributed by atoms with Crippen LogP contribution in [0.15, 0.2) is 0 Å². The van der Waals surface area contributed by atoms with Crippen molar-refractivity contribution < 1.29 is 4.79 Å². The van der Waals surface area contributed by atoms with Crippen LogP contribution in [0, 0.1) is 5.92 Å². The van der Waals surface area contributed by atoms with E-state index in [4.69, 9.17) is 0 Å². The molecule has 114 valence electrons. The molecule has 2 aliphatic heterocycles. The number of nitrogens with one attached hydrogen (secondary N) is 1. The molecule has 0 bridgehead atoms. The molecule has 0 aromatic carbocycles. The highest BCUT2D eigenvalue weighted by Crippen LogP contribution is 2.35. The van der Waals surface area contributed by atoms with E-state index < -0.39 is 0 Å². The Morgan fingerprint density at radius 2 is 1.75 bits per heavy atom. The maximum atomic E-state index is 12.3. The van der Waals surface area contributed by atoms with Gasteiger partial charge in [-0.15, -0.1) is 0 Å². The lowest BCUT2D eigenvalue weighted by Gasteiger charge is -2.44. The average molecular weight is 279 g/mol. The number of amides is 1. The molecule has 2 heterocycles. The summed E-state index contributed by atoms with van der Waals surface area (Å²) in [5.41, 5.74) is 0. The first-order valence-corrected chi connectivity index (χ1v) is 8.57. The normalized spacial score (nSPS) is 31.9. The first-order chi connectivity index (χ1) is 9.84. The van der Waals surface area contributed by atoms with Gasteiger partial charge >= 0.3 is 0 Å². The Morgan fingerprint density at radius 1 is 1.00 bits per heavy atom. The highest BCUT2D eigenvalue weighted by molar-refractivity contribution is 5.76. The molecule has 1 N–H and O–H groups in total. The van der Waals surface area contributed by atoms with E-state index in [9.17, 15) is 4.79 Å². The van der Waals surface area contributed by atoms with Crippen LogP contribution in [0.3, 0.4) is 0 Å². The van der Waals surface area contributed by atoms with Gasteiger partial charge in [-0.1, -0.05) is 12.8 Å². The number of carbonyl (C=O) groups excluding carboxylic acids is 1. The molecular formula is C16H29N3O. The van der Waals surface area contributed by atoms with Gasteiger partial charge in [0, 0.05) is 45.2 Å². The second-order valence-electron chi connectivity index (χ2n) is 6.67. The summed E-state index contributed by atoms with van der Waals surface area (Å²) >= 11 is 0. The first-order valence-electron chi connectivity index (χ1n) is 8.57. The second kappa shape index (κ2) is 6.90. The number of hydrogen-bond acceptors (Lipinski definition) is 3. The standard InChI is InChI=1S/C16H29N3O/c20-16(19-12-8-17-9-13-19)7-11-18-10-3-5-14-4-1-2-6-15(14)18/h14-15,17H,1-13H2/t14-,15-/m1/s1. The minimum atomic E-state index is 0.365. The van der Waals surface area contributed by atoms with Gasteiger partial charge in [0.15, 0.2) is 0 Å². The topological polar surface area (TPSA) is 35.6 Å². The molecular weight excluding hydrogens is 250 g/mol.